The normalized spacial score (nSPS) is 11.4. The highest BCUT2D eigenvalue weighted by Crippen LogP contribution is 2.26. The fourth-order valence-electron chi connectivity index (χ4n) is 3.06. The summed E-state index contributed by atoms with van der Waals surface area (Å²) in [6, 6.07) is 12.1. The monoisotopic (exact) mass is 384 g/mol. The molecular formula is C19H20N4O3S. The maximum atomic E-state index is 13.0. The van der Waals surface area contributed by atoms with E-state index < -0.39 is 21.0 Å². The Labute approximate surface area is 158 Å². The molecule has 0 aliphatic rings. The van der Waals surface area contributed by atoms with Crippen LogP contribution in [0.1, 0.15) is 16.7 Å². The smallest absolute Gasteiger partial charge is 0.296 e. The Bertz CT molecular complexity index is 1080. The van der Waals surface area contributed by atoms with Gasteiger partial charge in [-0.05, 0) is 44.0 Å². The van der Waals surface area contributed by atoms with E-state index in [0.717, 1.165) is 16.6 Å². The summed E-state index contributed by atoms with van der Waals surface area (Å²) in [4.78, 5) is 18.0. The molecule has 140 valence electrons. The summed E-state index contributed by atoms with van der Waals surface area (Å²) in [5.74, 6) is 0. The summed E-state index contributed by atoms with van der Waals surface area (Å²) < 4.78 is 26.9. The fraction of sp³-hybridized carbons (Fsp3) is 0.211. The van der Waals surface area contributed by atoms with Crippen LogP contribution in [0.5, 0.6) is 0 Å². The number of hydrogen-bond acceptors (Lipinski definition) is 5. The largest absolute Gasteiger partial charge is 0.350 e. The van der Waals surface area contributed by atoms with Gasteiger partial charge in [0.05, 0.1) is 4.90 Å². The summed E-state index contributed by atoms with van der Waals surface area (Å²) in [6.45, 7) is 5.37. The summed E-state index contributed by atoms with van der Waals surface area (Å²) in [5.41, 5.74) is 2.88. The van der Waals surface area contributed by atoms with Crippen LogP contribution in [-0.2, 0) is 9.84 Å². The molecule has 0 unspecified atom stereocenters. The number of hydrogen-bond donors (Lipinski definition) is 0. The highest BCUT2D eigenvalue weighted by atomic mass is 32.2. The van der Waals surface area contributed by atoms with Crippen LogP contribution in [0.15, 0.2) is 58.8 Å². The average Bonchev–Trinajstić information content (AvgIpc) is 3.11. The zero-order valence-corrected chi connectivity index (χ0v) is 16.4. The van der Waals surface area contributed by atoms with Gasteiger partial charge in [0.15, 0.2) is 0 Å². The van der Waals surface area contributed by atoms with Gasteiger partial charge >= 0.3 is 6.03 Å². The van der Waals surface area contributed by atoms with Crippen molar-refractivity contribution in [3.63, 3.8) is 0 Å². The standard InChI is InChI=1S/C19H20N4O3S/c1-13-10-14(2)17(15(3)11-13)27(25,26)18-20-12-23(21-18)19(24)22(4)16-8-6-5-7-9-16/h5-12H,1-4H3. The topological polar surface area (TPSA) is 85.2 Å². The van der Waals surface area contributed by atoms with Crippen LogP contribution in [0.2, 0.25) is 0 Å². The zero-order chi connectivity index (χ0) is 19.8. The first-order valence-corrected chi connectivity index (χ1v) is 9.78. The minimum Gasteiger partial charge on any atom is -0.296 e. The summed E-state index contributed by atoms with van der Waals surface area (Å²) in [6.07, 6.45) is 1.12. The van der Waals surface area contributed by atoms with Gasteiger partial charge in [-0.25, -0.2) is 18.2 Å². The van der Waals surface area contributed by atoms with E-state index in [1.165, 1.54) is 4.90 Å². The molecule has 0 fully saturated rings. The molecule has 3 rings (SSSR count). The molecule has 0 aliphatic heterocycles. The first-order valence-electron chi connectivity index (χ1n) is 8.29. The predicted octanol–water partition coefficient (Wildman–Crippen LogP) is 3.14. The first-order chi connectivity index (χ1) is 12.7. The maximum absolute atomic E-state index is 13.0. The van der Waals surface area contributed by atoms with Crippen molar-refractivity contribution < 1.29 is 13.2 Å². The van der Waals surface area contributed by atoms with Crippen molar-refractivity contribution in [3.8, 4) is 0 Å². The van der Waals surface area contributed by atoms with Crippen molar-refractivity contribution in [3.05, 3.63) is 65.5 Å². The van der Waals surface area contributed by atoms with Gasteiger partial charge in [-0.1, -0.05) is 35.9 Å². The lowest BCUT2D eigenvalue weighted by Gasteiger charge is -2.16. The van der Waals surface area contributed by atoms with Gasteiger partial charge in [0.25, 0.3) is 5.16 Å². The Morgan fingerprint density at radius 2 is 1.63 bits per heavy atom. The Morgan fingerprint density at radius 1 is 1.04 bits per heavy atom. The zero-order valence-electron chi connectivity index (χ0n) is 15.5. The van der Waals surface area contributed by atoms with Gasteiger partial charge in [-0.15, -0.1) is 5.10 Å². The van der Waals surface area contributed by atoms with Crippen LogP contribution in [0.4, 0.5) is 10.5 Å². The molecule has 1 amide bonds. The maximum Gasteiger partial charge on any atom is 0.350 e. The molecule has 2 aromatic carbocycles. The number of para-hydroxylation sites is 1. The Hall–Kier alpha value is -3.00. The minimum absolute atomic E-state index is 0.176. The third-order valence-electron chi connectivity index (χ3n) is 4.21. The summed E-state index contributed by atoms with van der Waals surface area (Å²) >= 11 is 0. The fourth-order valence-corrected chi connectivity index (χ4v) is 4.59. The van der Waals surface area contributed by atoms with E-state index in [-0.39, 0.29) is 4.90 Å². The number of aromatic nitrogens is 3. The molecule has 0 saturated carbocycles. The number of nitrogens with zero attached hydrogens (tertiary/aromatic N) is 4. The molecule has 27 heavy (non-hydrogen) atoms. The second-order valence-corrected chi connectivity index (χ2v) is 8.16. The summed E-state index contributed by atoms with van der Waals surface area (Å²) in [7, 11) is -2.35. The van der Waals surface area contributed by atoms with Gasteiger partial charge in [0, 0.05) is 12.7 Å². The number of rotatable bonds is 3. The van der Waals surface area contributed by atoms with Crippen molar-refractivity contribution >= 4 is 21.6 Å². The van der Waals surface area contributed by atoms with Gasteiger partial charge in [-0.2, -0.15) is 4.68 Å². The number of aryl methyl sites for hydroxylation is 3. The SMILES string of the molecule is Cc1cc(C)c(S(=O)(=O)c2ncn(C(=O)N(C)c3ccccc3)n2)c(C)c1. The summed E-state index contributed by atoms with van der Waals surface area (Å²) in [5, 5.41) is 3.54. The van der Waals surface area contributed by atoms with Crippen molar-refractivity contribution in [2.45, 2.75) is 30.8 Å². The van der Waals surface area contributed by atoms with Crippen molar-refractivity contribution in [2.75, 3.05) is 11.9 Å². The van der Waals surface area contributed by atoms with E-state index in [0.29, 0.717) is 16.8 Å². The number of carbonyl (C=O) groups is 1. The van der Waals surface area contributed by atoms with E-state index in [1.54, 1.807) is 57.3 Å². The van der Waals surface area contributed by atoms with Crippen LogP contribution in [0.25, 0.3) is 0 Å². The van der Waals surface area contributed by atoms with Crippen LogP contribution < -0.4 is 4.90 Å². The van der Waals surface area contributed by atoms with Gasteiger partial charge in [-0.3, -0.25) is 4.90 Å². The van der Waals surface area contributed by atoms with E-state index in [9.17, 15) is 13.2 Å². The molecule has 0 spiro atoms. The number of anilines is 1. The van der Waals surface area contributed by atoms with E-state index in [2.05, 4.69) is 10.1 Å². The second kappa shape index (κ2) is 6.96. The second-order valence-electron chi connectivity index (χ2n) is 6.38. The van der Waals surface area contributed by atoms with E-state index >= 15 is 0 Å². The third kappa shape index (κ3) is 3.48. The van der Waals surface area contributed by atoms with Gasteiger partial charge in [0.2, 0.25) is 9.84 Å². The van der Waals surface area contributed by atoms with Crippen LogP contribution in [0, 0.1) is 20.8 Å². The molecule has 0 radical (unpaired) electrons. The lowest BCUT2D eigenvalue weighted by molar-refractivity contribution is 0.246. The van der Waals surface area contributed by atoms with E-state index in [4.69, 9.17) is 0 Å². The first kappa shape index (κ1) is 18.8. The molecule has 8 heteroatoms. The van der Waals surface area contributed by atoms with Crippen molar-refractivity contribution in [1.29, 1.82) is 0 Å². The molecule has 0 bridgehead atoms. The molecule has 0 saturated heterocycles. The molecule has 1 aromatic heterocycles. The Kier molecular flexibility index (Phi) is 4.84. The highest BCUT2D eigenvalue weighted by molar-refractivity contribution is 7.91. The molecule has 3 aromatic rings. The third-order valence-corrected chi connectivity index (χ3v) is 6.06. The lowest BCUT2D eigenvalue weighted by Crippen LogP contribution is -2.31. The Balaban J connectivity index is 1.97. The van der Waals surface area contributed by atoms with Crippen LogP contribution in [0.3, 0.4) is 0 Å². The van der Waals surface area contributed by atoms with Crippen molar-refractivity contribution in [2.24, 2.45) is 0 Å². The molecule has 0 atom stereocenters. The quantitative estimate of drug-likeness (QED) is 0.692. The number of carbonyl (C=O) groups excluding carboxylic acids is 1. The van der Waals surface area contributed by atoms with Crippen LogP contribution >= 0.6 is 0 Å². The van der Waals surface area contributed by atoms with Crippen LogP contribution in [-0.4, -0.2) is 36.3 Å². The molecule has 1 heterocycles. The van der Waals surface area contributed by atoms with Gasteiger partial charge in [0.1, 0.15) is 6.33 Å². The molecule has 0 aliphatic carbocycles. The minimum atomic E-state index is -3.93. The number of sulfone groups is 1. The molecule has 0 N–H and O–H groups in total. The predicted molar refractivity (Wildman–Crippen MR) is 102 cm³/mol. The number of amides is 1. The molecule has 7 nitrogen and oxygen atoms in total. The van der Waals surface area contributed by atoms with Crippen molar-refractivity contribution in [1.82, 2.24) is 14.8 Å². The average molecular weight is 384 g/mol. The Morgan fingerprint density at radius 3 is 2.22 bits per heavy atom. The van der Waals surface area contributed by atoms with E-state index in [1.807, 2.05) is 13.0 Å². The molecular weight excluding hydrogens is 364 g/mol. The number of benzene rings is 2. The highest BCUT2D eigenvalue weighted by Gasteiger charge is 2.28. The lowest BCUT2D eigenvalue weighted by atomic mass is 10.1. The van der Waals surface area contributed by atoms with Gasteiger partial charge < -0.3 is 0 Å².